The average Bonchev–Trinajstić information content (AvgIpc) is 3.15. The van der Waals surface area contributed by atoms with Crippen molar-refractivity contribution in [1.82, 2.24) is 19.3 Å². The maximum Gasteiger partial charge on any atom is 0.145 e. The van der Waals surface area contributed by atoms with E-state index < -0.39 is 0 Å². The number of benzene rings is 2. The lowest BCUT2D eigenvalue weighted by molar-refractivity contribution is 0.418. The van der Waals surface area contributed by atoms with Crippen molar-refractivity contribution in [3.05, 3.63) is 59.3 Å². The third-order valence-corrected chi connectivity index (χ3v) is 4.68. The molecule has 0 atom stereocenters. The van der Waals surface area contributed by atoms with Crippen molar-refractivity contribution in [3.8, 4) is 22.7 Å². The van der Waals surface area contributed by atoms with Gasteiger partial charge in [0, 0.05) is 18.2 Å². The van der Waals surface area contributed by atoms with Crippen LogP contribution in [0, 0.1) is 12.7 Å². The molecule has 0 amide bonds. The van der Waals surface area contributed by atoms with E-state index in [9.17, 15) is 4.39 Å². The molecule has 4 rings (SSSR count). The normalized spacial score (nSPS) is 11.3. The summed E-state index contributed by atoms with van der Waals surface area (Å²) in [7, 11) is 3.48. The highest BCUT2D eigenvalue weighted by Gasteiger charge is 2.22. The highest BCUT2D eigenvalue weighted by atomic mass is 35.5. The van der Waals surface area contributed by atoms with Crippen molar-refractivity contribution in [2.45, 2.75) is 6.92 Å². The summed E-state index contributed by atoms with van der Waals surface area (Å²) >= 11 is 6.33. The SMILES string of the molecule is COc1cccc2ncn(-c3c(-c4ccc(F)cc4Cl)c(C)nn3C)c12. The number of hydrogen-bond acceptors (Lipinski definition) is 3. The second kappa shape index (κ2) is 6.14. The smallest absolute Gasteiger partial charge is 0.145 e. The zero-order chi connectivity index (χ0) is 18.4. The fourth-order valence-electron chi connectivity index (χ4n) is 3.29. The van der Waals surface area contributed by atoms with Crippen LogP contribution >= 0.6 is 11.6 Å². The average molecular weight is 371 g/mol. The summed E-state index contributed by atoms with van der Waals surface area (Å²) < 4.78 is 22.7. The molecule has 0 saturated heterocycles. The number of para-hydroxylation sites is 1. The monoisotopic (exact) mass is 370 g/mol. The molecule has 4 aromatic rings. The Balaban J connectivity index is 2.06. The Morgan fingerprint density at radius 2 is 2.00 bits per heavy atom. The van der Waals surface area contributed by atoms with Crippen LogP contribution in [0.25, 0.3) is 28.0 Å². The quantitative estimate of drug-likeness (QED) is 0.532. The molecule has 0 saturated carbocycles. The van der Waals surface area contributed by atoms with Crippen LogP contribution in [0.5, 0.6) is 5.75 Å². The molecule has 0 unspecified atom stereocenters. The molecule has 2 aromatic heterocycles. The highest BCUT2D eigenvalue weighted by molar-refractivity contribution is 6.33. The van der Waals surface area contributed by atoms with Crippen LogP contribution < -0.4 is 4.74 Å². The molecule has 0 bridgehead atoms. The Bertz CT molecular complexity index is 1130. The third kappa shape index (κ3) is 2.45. The van der Waals surface area contributed by atoms with Crippen molar-refractivity contribution in [2.75, 3.05) is 7.11 Å². The van der Waals surface area contributed by atoms with Gasteiger partial charge in [0.1, 0.15) is 29.2 Å². The first-order valence-electron chi connectivity index (χ1n) is 8.00. The Morgan fingerprint density at radius 3 is 2.73 bits per heavy atom. The minimum absolute atomic E-state index is 0.332. The Labute approximate surface area is 154 Å². The van der Waals surface area contributed by atoms with E-state index in [0.717, 1.165) is 28.1 Å². The van der Waals surface area contributed by atoms with Gasteiger partial charge in [-0.15, -0.1) is 0 Å². The van der Waals surface area contributed by atoms with Gasteiger partial charge in [-0.05, 0) is 37.3 Å². The number of aromatic nitrogens is 4. The summed E-state index contributed by atoms with van der Waals surface area (Å²) in [6.45, 7) is 1.90. The summed E-state index contributed by atoms with van der Waals surface area (Å²) in [5, 5.41) is 4.88. The molecule has 0 aliphatic carbocycles. The largest absolute Gasteiger partial charge is 0.494 e. The Morgan fingerprint density at radius 1 is 1.19 bits per heavy atom. The highest BCUT2D eigenvalue weighted by Crippen LogP contribution is 2.37. The van der Waals surface area contributed by atoms with Gasteiger partial charge in [0.05, 0.1) is 23.3 Å². The Kier molecular flexibility index (Phi) is 3.92. The standard InChI is InChI=1S/C19H16ClFN4O/c1-11-17(13-8-7-12(21)9-14(13)20)19(24(2)23-11)25-10-22-15-5-4-6-16(26-3)18(15)25/h4-10H,1-3H3. The molecule has 132 valence electrons. The van der Waals surface area contributed by atoms with Crippen LogP contribution in [0.1, 0.15) is 5.69 Å². The predicted molar refractivity (Wildman–Crippen MR) is 99.5 cm³/mol. The molecule has 5 nitrogen and oxygen atoms in total. The topological polar surface area (TPSA) is 44.9 Å². The van der Waals surface area contributed by atoms with Crippen molar-refractivity contribution in [3.63, 3.8) is 0 Å². The van der Waals surface area contributed by atoms with Crippen molar-refractivity contribution < 1.29 is 9.13 Å². The van der Waals surface area contributed by atoms with Gasteiger partial charge in [0.25, 0.3) is 0 Å². The van der Waals surface area contributed by atoms with Gasteiger partial charge in [0.15, 0.2) is 0 Å². The maximum absolute atomic E-state index is 13.5. The lowest BCUT2D eigenvalue weighted by Gasteiger charge is -2.12. The van der Waals surface area contributed by atoms with Gasteiger partial charge in [-0.1, -0.05) is 17.7 Å². The maximum atomic E-state index is 13.5. The molecule has 0 aliphatic rings. The number of hydrogen-bond donors (Lipinski definition) is 0. The molecule has 0 N–H and O–H groups in total. The van der Waals surface area contributed by atoms with E-state index in [2.05, 4.69) is 10.1 Å². The molecular formula is C19H16ClFN4O. The number of imidazole rings is 1. The van der Waals surface area contributed by atoms with E-state index in [0.29, 0.717) is 16.3 Å². The molecule has 7 heteroatoms. The van der Waals surface area contributed by atoms with E-state index in [4.69, 9.17) is 16.3 Å². The van der Waals surface area contributed by atoms with E-state index >= 15 is 0 Å². The number of fused-ring (bicyclic) bond motifs is 1. The predicted octanol–water partition coefficient (Wildman–Crippen LogP) is 4.54. The number of halogens is 2. The molecule has 26 heavy (non-hydrogen) atoms. The minimum atomic E-state index is -0.378. The van der Waals surface area contributed by atoms with Gasteiger partial charge in [-0.2, -0.15) is 5.10 Å². The summed E-state index contributed by atoms with van der Waals surface area (Å²) in [4.78, 5) is 4.47. The van der Waals surface area contributed by atoms with Gasteiger partial charge >= 0.3 is 0 Å². The van der Waals surface area contributed by atoms with Crippen LogP contribution in [0.4, 0.5) is 4.39 Å². The summed E-state index contributed by atoms with van der Waals surface area (Å²) in [5.74, 6) is 1.11. The van der Waals surface area contributed by atoms with Crippen molar-refractivity contribution in [1.29, 1.82) is 0 Å². The second-order valence-corrected chi connectivity index (χ2v) is 6.38. The number of ether oxygens (including phenoxy) is 1. The van der Waals surface area contributed by atoms with E-state index in [1.807, 2.05) is 36.7 Å². The van der Waals surface area contributed by atoms with Gasteiger partial charge < -0.3 is 4.74 Å². The molecule has 0 fully saturated rings. The summed E-state index contributed by atoms with van der Waals surface area (Å²) in [6.07, 6.45) is 1.73. The molecule has 0 spiro atoms. The van der Waals surface area contributed by atoms with Crippen LogP contribution in [-0.4, -0.2) is 26.4 Å². The van der Waals surface area contributed by atoms with Crippen LogP contribution in [-0.2, 0) is 7.05 Å². The van der Waals surface area contributed by atoms with Crippen molar-refractivity contribution >= 4 is 22.6 Å². The fourth-order valence-corrected chi connectivity index (χ4v) is 3.55. The zero-order valence-corrected chi connectivity index (χ0v) is 15.3. The molecule has 0 radical (unpaired) electrons. The minimum Gasteiger partial charge on any atom is -0.494 e. The second-order valence-electron chi connectivity index (χ2n) is 5.97. The lowest BCUT2D eigenvalue weighted by atomic mass is 10.1. The third-order valence-electron chi connectivity index (χ3n) is 4.37. The lowest BCUT2D eigenvalue weighted by Crippen LogP contribution is -2.04. The van der Waals surface area contributed by atoms with Crippen LogP contribution in [0.2, 0.25) is 5.02 Å². The molecular weight excluding hydrogens is 355 g/mol. The summed E-state index contributed by atoms with van der Waals surface area (Å²) in [6, 6.07) is 10.1. The fraction of sp³-hybridized carbons (Fsp3) is 0.158. The molecule has 0 aliphatic heterocycles. The number of methoxy groups -OCH3 is 1. The van der Waals surface area contributed by atoms with Crippen LogP contribution in [0.15, 0.2) is 42.7 Å². The first kappa shape index (κ1) is 16.6. The number of nitrogens with zero attached hydrogens (tertiary/aromatic N) is 4. The van der Waals surface area contributed by atoms with Gasteiger partial charge in [-0.3, -0.25) is 9.25 Å². The summed E-state index contributed by atoms with van der Waals surface area (Å²) in [5.41, 5.74) is 3.96. The van der Waals surface area contributed by atoms with E-state index in [1.54, 1.807) is 24.2 Å². The van der Waals surface area contributed by atoms with Crippen molar-refractivity contribution in [2.24, 2.45) is 7.05 Å². The Hall–Kier alpha value is -2.86. The first-order valence-corrected chi connectivity index (χ1v) is 8.38. The van der Waals surface area contributed by atoms with E-state index in [1.165, 1.54) is 12.1 Å². The first-order chi connectivity index (χ1) is 12.5. The zero-order valence-electron chi connectivity index (χ0n) is 14.5. The number of rotatable bonds is 3. The molecule has 2 aromatic carbocycles. The molecule has 2 heterocycles. The van der Waals surface area contributed by atoms with Gasteiger partial charge in [0.2, 0.25) is 0 Å². The number of aryl methyl sites for hydroxylation is 2. The van der Waals surface area contributed by atoms with Crippen LogP contribution in [0.3, 0.4) is 0 Å². The van der Waals surface area contributed by atoms with E-state index in [-0.39, 0.29) is 5.82 Å². The van der Waals surface area contributed by atoms with Gasteiger partial charge in [-0.25, -0.2) is 9.37 Å².